The molecule has 0 aliphatic heterocycles. The van der Waals surface area contributed by atoms with Crippen molar-refractivity contribution in [3.8, 4) is 5.75 Å². The van der Waals surface area contributed by atoms with Crippen molar-refractivity contribution in [2.24, 2.45) is 10.4 Å². The van der Waals surface area contributed by atoms with Gasteiger partial charge < -0.3 is 15.4 Å². The van der Waals surface area contributed by atoms with Gasteiger partial charge in [-0.2, -0.15) is 0 Å². The van der Waals surface area contributed by atoms with E-state index in [2.05, 4.69) is 22.5 Å². The fourth-order valence-corrected chi connectivity index (χ4v) is 2.83. The van der Waals surface area contributed by atoms with Gasteiger partial charge in [0.2, 0.25) is 0 Å². The highest BCUT2D eigenvalue weighted by atomic mass is 127. The monoisotopic (exact) mass is 435 g/mol. The van der Waals surface area contributed by atoms with E-state index in [9.17, 15) is 4.39 Å². The summed E-state index contributed by atoms with van der Waals surface area (Å²) < 4.78 is 18.6. The number of nitrogens with one attached hydrogen (secondary N) is 2. The number of hydrogen-bond acceptors (Lipinski definition) is 2. The summed E-state index contributed by atoms with van der Waals surface area (Å²) in [6.45, 7) is 3.72. The van der Waals surface area contributed by atoms with E-state index in [4.69, 9.17) is 4.74 Å². The standard InChI is InChI=1S/C17H26FN3O.HI/c1-4-17(8-5-9-17)12-21-16(19-2)20-11-13-6-7-15(22-3)14(18)10-13;/h6-7,10H,4-5,8-9,11-12H2,1-3H3,(H2,19,20,21);1H. The lowest BCUT2D eigenvalue weighted by atomic mass is 9.67. The van der Waals surface area contributed by atoms with Crippen LogP contribution in [0.15, 0.2) is 23.2 Å². The minimum absolute atomic E-state index is 0. The van der Waals surface area contributed by atoms with E-state index in [1.54, 1.807) is 13.1 Å². The second-order valence-electron chi connectivity index (χ2n) is 5.96. The van der Waals surface area contributed by atoms with E-state index in [-0.39, 0.29) is 35.5 Å². The molecule has 0 spiro atoms. The lowest BCUT2D eigenvalue weighted by Gasteiger charge is -2.41. The lowest BCUT2D eigenvalue weighted by molar-refractivity contribution is 0.131. The van der Waals surface area contributed by atoms with Crippen LogP contribution in [0.1, 0.15) is 38.2 Å². The van der Waals surface area contributed by atoms with Gasteiger partial charge in [0.05, 0.1) is 7.11 Å². The van der Waals surface area contributed by atoms with E-state index in [0.29, 0.717) is 12.0 Å². The molecule has 23 heavy (non-hydrogen) atoms. The maximum Gasteiger partial charge on any atom is 0.191 e. The number of methoxy groups -OCH3 is 1. The van der Waals surface area contributed by atoms with E-state index < -0.39 is 0 Å². The first-order chi connectivity index (χ1) is 10.6. The first kappa shape index (κ1) is 20.0. The Labute approximate surface area is 155 Å². The topological polar surface area (TPSA) is 45.7 Å². The van der Waals surface area contributed by atoms with Gasteiger partial charge in [-0.1, -0.05) is 19.4 Å². The number of ether oxygens (including phenoxy) is 1. The summed E-state index contributed by atoms with van der Waals surface area (Å²) in [4.78, 5) is 4.23. The number of benzene rings is 1. The van der Waals surface area contributed by atoms with Crippen LogP contribution in [-0.4, -0.2) is 26.7 Å². The van der Waals surface area contributed by atoms with Crippen LogP contribution in [0, 0.1) is 11.2 Å². The average molecular weight is 435 g/mol. The molecule has 1 aromatic rings. The lowest BCUT2D eigenvalue weighted by Crippen LogP contribution is -2.46. The molecule has 0 bridgehead atoms. The molecule has 2 N–H and O–H groups in total. The van der Waals surface area contributed by atoms with Crippen molar-refractivity contribution < 1.29 is 9.13 Å². The van der Waals surface area contributed by atoms with Crippen LogP contribution >= 0.6 is 24.0 Å². The van der Waals surface area contributed by atoms with Crippen LogP contribution in [0.2, 0.25) is 0 Å². The maximum atomic E-state index is 13.7. The van der Waals surface area contributed by atoms with Crippen molar-refractivity contribution in [2.45, 2.75) is 39.2 Å². The van der Waals surface area contributed by atoms with Gasteiger partial charge in [0.15, 0.2) is 17.5 Å². The Balaban J connectivity index is 0.00000264. The van der Waals surface area contributed by atoms with Crippen LogP contribution in [0.25, 0.3) is 0 Å². The van der Waals surface area contributed by atoms with Crippen molar-refractivity contribution in [3.05, 3.63) is 29.6 Å². The van der Waals surface area contributed by atoms with E-state index >= 15 is 0 Å². The molecule has 6 heteroatoms. The smallest absolute Gasteiger partial charge is 0.191 e. The van der Waals surface area contributed by atoms with Crippen molar-refractivity contribution in [2.75, 3.05) is 20.7 Å². The summed E-state index contributed by atoms with van der Waals surface area (Å²) in [6.07, 6.45) is 5.10. The molecule has 1 saturated carbocycles. The molecule has 0 unspecified atom stereocenters. The van der Waals surface area contributed by atoms with Gasteiger partial charge in [-0.05, 0) is 42.4 Å². The number of nitrogens with zero attached hydrogens (tertiary/aromatic N) is 1. The molecule has 1 fully saturated rings. The van der Waals surface area contributed by atoms with Gasteiger partial charge in [-0.3, -0.25) is 4.99 Å². The van der Waals surface area contributed by atoms with Gasteiger partial charge in [-0.15, -0.1) is 24.0 Å². The zero-order valence-electron chi connectivity index (χ0n) is 14.1. The summed E-state index contributed by atoms with van der Waals surface area (Å²) in [5.74, 6) is 0.682. The number of halogens is 2. The van der Waals surface area contributed by atoms with Gasteiger partial charge in [0.25, 0.3) is 0 Å². The molecule has 1 aliphatic carbocycles. The molecule has 0 heterocycles. The first-order valence-corrected chi connectivity index (χ1v) is 7.89. The summed E-state index contributed by atoms with van der Waals surface area (Å²) in [7, 11) is 3.22. The third-order valence-electron chi connectivity index (χ3n) is 4.69. The maximum absolute atomic E-state index is 13.7. The van der Waals surface area contributed by atoms with Crippen LogP contribution in [0.3, 0.4) is 0 Å². The third-order valence-corrected chi connectivity index (χ3v) is 4.69. The Morgan fingerprint density at radius 2 is 2.09 bits per heavy atom. The average Bonchev–Trinajstić information content (AvgIpc) is 2.49. The zero-order chi connectivity index (χ0) is 16.0. The third kappa shape index (κ3) is 5.22. The fourth-order valence-electron chi connectivity index (χ4n) is 2.83. The van der Waals surface area contributed by atoms with Crippen LogP contribution in [0.5, 0.6) is 5.75 Å². The second kappa shape index (κ2) is 9.30. The SMILES string of the molecule is CCC1(CNC(=NC)NCc2ccc(OC)c(F)c2)CCC1.I. The van der Waals surface area contributed by atoms with Crippen molar-refractivity contribution in [1.29, 1.82) is 0 Å². The van der Waals surface area contributed by atoms with Gasteiger partial charge >= 0.3 is 0 Å². The first-order valence-electron chi connectivity index (χ1n) is 7.89. The molecule has 1 aliphatic rings. The zero-order valence-corrected chi connectivity index (χ0v) is 16.4. The number of hydrogen-bond donors (Lipinski definition) is 2. The van der Waals surface area contributed by atoms with Gasteiger partial charge in [0.1, 0.15) is 0 Å². The van der Waals surface area contributed by atoms with E-state index in [1.807, 2.05) is 6.07 Å². The molecule has 0 amide bonds. The largest absolute Gasteiger partial charge is 0.494 e. The molecule has 0 radical (unpaired) electrons. The molecule has 2 rings (SSSR count). The van der Waals surface area contributed by atoms with Crippen LogP contribution in [0.4, 0.5) is 4.39 Å². The Bertz CT molecular complexity index is 527. The highest BCUT2D eigenvalue weighted by Crippen LogP contribution is 2.42. The van der Waals surface area contributed by atoms with Crippen molar-refractivity contribution >= 4 is 29.9 Å². The quantitative estimate of drug-likeness (QED) is 0.407. The number of guanidine groups is 1. The molecule has 130 valence electrons. The normalized spacial score (nSPS) is 16.1. The minimum atomic E-state index is -0.343. The number of aliphatic imine (C=N–C) groups is 1. The van der Waals surface area contributed by atoms with Crippen molar-refractivity contribution in [1.82, 2.24) is 10.6 Å². The van der Waals surface area contributed by atoms with Crippen molar-refractivity contribution in [3.63, 3.8) is 0 Å². The molecule has 0 aromatic heterocycles. The Morgan fingerprint density at radius 3 is 2.57 bits per heavy atom. The van der Waals surface area contributed by atoms with Crippen LogP contribution < -0.4 is 15.4 Å². The summed E-state index contributed by atoms with van der Waals surface area (Å²) in [6, 6.07) is 4.98. The van der Waals surface area contributed by atoms with Crippen LogP contribution in [-0.2, 0) is 6.54 Å². The Hall–Kier alpha value is -1.05. The van der Waals surface area contributed by atoms with Gasteiger partial charge in [0, 0.05) is 20.1 Å². The Morgan fingerprint density at radius 1 is 1.35 bits per heavy atom. The summed E-state index contributed by atoms with van der Waals surface area (Å²) >= 11 is 0. The minimum Gasteiger partial charge on any atom is -0.494 e. The summed E-state index contributed by atoms with van der Waals surface area (Å²) in [5, 5.41) is 6.62. The molecular formula is C17H27FIN3O. The molecule has 0 saturated heterocycles. The number of rotatable bonds is 6. The van der Waals surface area contributed by atoms with Gasteiger partial charge in [-0.25, -0.2) is 4.39 Å². The highest BCUT2D eigenvalue weighted by molar-refractivity contribution is 14.0. The highest BCUT2D eigenvalue weighted by Gasteiger charge is 2.34. The molecular weight excluding hydrogens is 408 g/mol. The van der Waals surface area contributed by atoms with E-state index in [1.165, 1.54) is 38.9 Å². The molecule has 0 atom stereocenters. The van der Waals surface area contributed by atoms with E-state index in [0.717, 1.165) is 18.1 Å². The predicted molar refractivity (Wildman–Crippen MR) is 103 cm³/mol. The fraction of sp³-hybridized carbons (Fsp3) is 0.588. The summed E-state index contributed by atoms with van der Waals surface area (Å²) in [5.41, 5.74) is 1.29. The molecule has 4 nitrogen and oxygen atoms in total. The molecule has 1 aromatic carbocycles. The Kier molecular flexibility index (Phi) is 8.08. The second-order valence-corrected chi connectivity index (χ2v) is 5.96. The predicted octanol–water partition coefficient (Wildman–Crippen LogP) is 3.70.